The van der Waals surface area contributed by atoms with Crippen LogP contribution in [0.4, 0.5) is 10.1 Å². The number of nitrogens with one attached hydrogen (secondary N) is 1. The van der Waals surface area contributed by atoms with Crippen LogP contribution in [0, 0.1) is 5.82 Å². The number of ether oxygens (including phenoxy) is 1. The van der Waals surface area contributed by atoms with Crippen molar-refractivity contribution < 1.29 is 13.9 Å². The molecule has 1 heterocycles. The third-order valence-electron chi connectivity index (χ3n) is 3.56. The van der Waals surface area contributed by atoms with Gasteiger partial charge in [-0.15, -0.1) is 0 Å². The van der Waals surface area contributed by atoms with E-state index in [2.05, 4.69) is 10.4 Å². The molecule has 1 N–H and O–H groups in total. The van der Waals surface area contributed by atoms with Gasteiger partial charge in [-0.05, 0) is 36.4 Å². The SMILES string of the molecule is COc1cccc(-c2cc(C(=O)Nc3cccc(F)c3)n(C)n2)c1. The number of rotatable bonds is 4. The summed E-state index contributed by atoms with van der Waals surface area (Å²) in [6.07, 6.45) is 0. The van der Waals surface area contributed by atoms with Crippen molar-refractivity contribution in [1.82, 2.24) is 9.78 Å². The Morgan fingerprint density at radius 2 is 1.96 bits per heavy atom. The van der Waals surface area contributed by atoms with Gasteiger partial charge in [0, 0.05) is 18.3 Å². The lowest BCUT2D eigenvalue weighted by Crippen LogP contribution is -2.16. The van der Waals surface area contributed by atoms with Crippen LogP contribution < -0.4 is 10.1 Å². The molecule has 0 saturated carbocycles. The molecule has 0 fully saturated rings. The fourth-order valence-electron chi connectivity index (χ4n) is 2.36. The zero-order valence-electron chi connectivity index (χ0n) is 13.3. The van der Waals surface area contributed by atoms with E-state index < -0.39 is 5.82 Å². The van der Waals surface area contributed by atoms with E-state index >= 15 is 0 Å². The maximum atomic E-state index is 13.2. The molecule has 0 radical (unpaired) electrons. The van der Waals surface area contributed by atoms with Crippen LogP contribution in [0.25, 0.3) is 11.3 Å². The van der Waals surface area contributed by atoms with Crippen molar-refractivity contribution in [2.24, 2.45) is 7.05 Å². The molecule has 6 heteroatoms. The first-order chi connectivity index (χ1) is 11.6. The van der Waals surface area contributed by atoms with Gasteiger partial charge >= 0.3 is 0 Å². The van der Waals surface area contributed by atoms with Crippen molar-refractivity contribution in [3.8, 4) is 17.0 Å². The summed E-state index contributed by atoms with van der Waals surface area (Å²) in [6, 6.07) is 14.9. The first-order valence-electron chi connectivity index (χ1n) is 7.32. The molecule has 24 heavy (non-hydrogen) atoms. The second kappa shape index (κ2) is 6.54. The Hall–Kier alpha value is -3.15. The number of nitrogens with zero attached hydrogens (tertiary/aromatic N) is 2. The summed E-state index contributed by atoms with van der Waals surface area (Å²) in [5.74, 6) is -0.0523. The van der Waals surface area contributed by atoms with E-state index in [1.165, 1.54) is 22.9 Å². The quantitative estimate of drug-likeness (QED) is 0.799. The molecule has 0 bridgehead atoms. The van der Waals surface area contributed by atoms with Gasteiger partial charge in [-0.1, -0.05) is 18.2 Å². The van der Waals surface area contributed by atoms with Gasteiger partial charge in [-0.2, -0.15) is 5.10 Å². The smallest absolute Gasteiger partial charge is 0.273 e. The minimum atomic E-state index is -0.408. The Kier molecular flexibility index (Phi) is 4.29. The monoisotopic (exact) mass is 325 g/mol. The van der Waals surface area contributed by atoms with E-state index in [1.54, 1.807) is 26.3 Å². The van der Waals surface area contributed by atoms with Crippen molar-refractivity contribution in [3.05, 3.63) is 66.1 Å². The lowest BCUT2D eigenvalue weighted by molar-refractivity contribution is 0.101. The molecule has 1 aromatic heterocycles. The lowest BCUT2D eigenvalue weighted by Gasteiger charge is -2.04. The minimum absolute atomic E-state index is 0.357. The average molecular weight is 325 g/mol. The molecule has 0 unspecified atom stereocenters. The van der Waals surface area contributed by atoms with Gasteiger partial charge in [-0.3, -0.25) is 9.48 Å². The largest absolute Gasteiger partial charge is 0.497 e. The van der Waals surface area contributed by atoms with Gasteiger partial charge in [0.25, 0.3) is 5.91 Å². The highest BCUT2D eigenvalue weighted by Gasteiger charge is 2.15. The lowest BCUT2D eigenvalue weighted by atomic mass is 10.1. The number of aromatic nitrogens is 2. The fraction of sp³-hybridized carbons (Fsp3) is 0.111. The number of methoxy groups -OCH3 is 1. The molecule has 1 amide bonds. The van der Waals surface area contributed by atoms with Crippen LogP contribution in [0.1, 0.15) is 10.5 Å². The summed E-state index contributed by atoms with van der Waals surface area (Å²) in [5.41, 5.74) is 2.26. The number of amides is 1. The zero-order chi connectivity index (χ0) is 17.1. The number of hydrogen-bond donors (Lipinski definition) is 1. The van der Waals surface area contributed by atoms with Gasteiger partial charge in [0.1, 0.15) is 17.3 Å². The van der Waals surface area contributed by atoms with Gasteiger partial charge in [-0.25, -0.2) is 4.39 Å². The van der Waals surface area contributed by atoms with Crippen molar-refractivity contribution >= 4 is 11.6 Å². The first kappa shape index (κ1) is 15.7. The summed E-state index contributed by atoms with van der Waals surface area (Å²) in [6.45, 7) is 0. The number of anilines is 1. The summed E-state index contributed by atoms with van der Waals surface area (Å²) in [7, 11) is 3.28. The standard InChI is InChI=1S/C18H16FN3O2/c1-22-17(18(23)20-14-7-4-6-13(19)10-14)11-16(21-22)12-5-3-8-15(9-12)24-2/h3-11H,1-2H3,(H,20,23). The topological polar surface area (TPSA) is 56.1 Å². The maximum Gasteiger partial charge on any atom is 0.273 e. The summed E-state index contributed by atoms with van der Waals surface area (Å²) in [4.78, 5) is 12.4. The Bertz CT molecular complexity index is 889. The molecule has 0 spiro atoms. The van der Waals surface area contributed by atoms with Crippen LogP contribution in [0.3, 0.4) is 0 Å². The molecule has 0 atom stereocenters. The molecule has 0 aliphatic heterocycles. The van der Waals surface area contributed by atoms with E-state index in [4.69, 9.17) is 4.74 Å². The molecule has 2 aromatic carbocycles. The summed E-state index contributed by atoms with van der Waals surface area (Å²) < 4.78 is 19.9. The van der Waals surface area contributed by atoms with Crippen LogP contribution >= 0.6 is 0 Å². The van der Waals surface area contributed by atoms with Crippen LogP contribution in [-0.2, 0) is 7.05 Å². The van der Waals surface area contributed by atoms with Crippen molar-refractivity contribution in [2.75, 3.05) is 12.4 Å². The van der Waals surface area contributed by atoms with Gasteiger partial charge in [0.2, 0.25) is 0 Å². The summed E-state index contributed by atoms with van der Waals surface area (Å²) in [5, 5.41) is 7.03. The van der Waals surface area contributed by atoms with Gasteiger partial charge in [0.05, 0.1) is 12.8 Å². The van der Waals surface area contributed by atoms with Crippen LogP contribution in [0.15, 0.2) is 54.6 Å². The molecule has 5 nitrogen and oxygen atoms in total. The fourth-order valence-corrected chi connectivity index (χ4v) is 2.36. The normalized spacial score (nSPS) is 10.5. The molecular formula is C18H16FN3O2. The van der Waals surface area contributed by atoms with Crippen LogP contribution in [0.2, 0.25) is 0 Å². The molecule has 3 aromatic rings. The highest BCUT2D eigenvalue weighted by molar-refractivity contribution is 6.03. The van der Waals surface area contributed by atoms with Gasteiger partial charge < -0.3 is 10.1 Å². The van der Waals surface area contributed by atoms with E-state index in [9.17, 15) is 9.18 Å². The van der Waals surface area contributed by atoms with E-state index in [0.717, 1.165) is 5.56 Å². The molecule has 0 aliphatic rings. The van der Waals surface area contributed by atoms with Crippen molar-refractivity contribution in [1.29, 1.82) is 0 Å². The van der Waals surface area contributed by atoms with E-state index in [0.29, 0.717) is 22.8 Å². The molecule has 0 saturated heterocycles. The van der Waals surface area contributed by atoms with Gasteiger partial charge in [0.15, 0.2) is 0 Å². The average Bonchev–Trinajstić information content (AvgIpc) is 2.97. The molecule has 0 aliphatic carbocycles. The highest BCUT2D eigenvalue weighted by atomic mass is 19.1. The third-order valence-corrected chi connectivity index (χ3v) is 3.56. The Balaban J connectivity index is 1.86. The maximum absolute atomic E-state index is 13.2. The predicted octanol–water partition coefficient (Wildman–Crippen LogP) is 3.49. The van der Waals surface area contributed by atoms with Crippen LogP contribution in [-0.4, -0.2) is 22.8 Å². The Labute approximate surface area is 138 Å². The number of carbonyl (C=O) groups is 1. The number of hydrogen-bond acceptors (Lipinski definition) is 3. The number of carbonyl (C=O) groups excluding carboxylic acids is 1. The van der Waals surface area contributed by atoms with Crippen LogP contribution in [0.5, 0.6) is 5.75 Å². The Morgan fingerprint density at radius 3 is 2.71 bits per heavy atom. The third kappa shape index (κ3) is 3.27. The highest BCUT2D eigenvalue weighted by Crippen LogP contribution is 2.23. The first-order valence-corrected chi connectivity index (χ1v) is 7.32. The predicted molar refractivity (Wildman–Crippen MR) is 89.5 cm³/mol. The van der Waals surface area contributed by atoms with Crippen molar-refractivity contribution in [2.45, 2.75) is 0 Å². The van der Waals surface area contributed by atoms with Crippen molar-refractivity contribution in [3.63, 3.8) is 0 Å². The second-order valence-corrected chi connectivity index (χ2v) is 5.23. The minimum Gasteiger partial charge on any atom is -0.497 e. The van der Waals surface area contributed by atoms with E-state index in [-0.39, 0.29) is 5.91 Å². The zero-order valence-corrected chi connectivity index (χ0v) is 13.3. The number of halogens is 1. The molecule has 3 rings (SSSR count). The van der Waals surface area contributed by atoms with E-state index in [1.807, 2.05) is 24.3 Å². The second-order valence-electron chi connectivity index (χ2n) is 5.23. The summed E-state index contributed by atoms with van der Waals surface area (Å²) >= 11 is 0. The molecular weight excluding hydrogens is 309 g/mol. The number of aryl methyl sites for hydroxylation is 1. The Morgan fingerprint density at radius 1 is 1.17 bits per heavy atom. The number of benzene rings is 2. The molecule has 122 valence electrons.